The molecule has 2 nitrogen and oxygen atoms in total. The minimum atomic E-state index is 0.0909. The lowest BCUT2D eigenvalue weighted by Crippen LogP contribution is -2.32. The van der Waals surface area contributed by atoms with Gasteiger partial charge in [0.15, 0.2) is 0 Å². The van der Waals surface area contributed by atoms with Gasteiger partial charge in [0.2, 0.25) is 0 Å². The van der Waals surface area contributed by atoms with E-state index in [1.54, 1.807) is 0 Å². The van der Waals surface area contributed by atoms with Crippen LogP contribution < -0.4 is 0 Å². The summed E-state index contributed by atoms with van der Waals surface area (Å²) >= 11 is 0. The maximum atomic E-state index is 11.8. The number of esters is 1. The number of fused-ring (bicyclic) bond motifs is 1. The summed E-state index contributed by atoms with van der Waals surface area (Å²) in [6, 6.07) is 0. The molecule has 4 rings (SSSR count). The molecule has 0 amide bonds. The van der Waals surface area contributed by atoms with Crippen LogP contribution in [0.25, 0.3) is 0 Å². The predicted molar refractivity (Wildman–Crippen MR) is 50.5 cm³/mol. The van der Waals surface area contributed by atoms with Crippen molar-refractivity contribution in [3.8, 4) is 0 Å². The lowest BCUT2D eigenvalue weighted by molar-refractivity contribution is -0.154. The third-order valence-corrected chi connectivity index (χ3v) is 5.05. The van der Waals surface area contributed by atoms with Crippen LogP contribution in [0.5, 0.6) is 0 Å². The highest BCUT2D eigenvalue weighted by Gasteiger charge is 2.81. The number of allylic oxidation sites excluding steroid dienone is 1. The van der Waals surface area contributed by atoms with E-state index in [-0.39, 0.29) is 23.4 Å². The molecule has 1 spiro atoms. The van der Waals surface area contributed by atoms with E-state index in [0.717, 1.165) is 6.42 Å². The highest BCUT2D eigenvalue weighted by Crippen LogP contribution is 2.81. The van der Waals surface area contributed by atoms with Crippen molar-refractivity contribution >= 4 is 5.97 Å². The molecule has 0 N–H and O–H groups in total. The van der Waals surface area contributed by atoms with Crippen molar-refractivity contribution in [2.45, 2.75) is 38.2 Å². The second-order valence-electron chi connectivity index (χ2n) is 5.38. The van der Waals surface area contributed by atoms with Crippen LogP contribution in [0.2, 0.25) is 0 Å². The average Bonchev–Trinajstić information content (AvgIpc) is 2.83. The van der Waals surface area contributed by atoms with Gasteiger partial charge in [0.25, 0.3) is 0 Å². The first kappa shape index (κ1) is 7.49. The molecule has 3 fully saturated rings. The third kappa shape index (κ3) is 0.547. The van der Waals surface area contributed by atoms with Crippen molar-refractivity contribution < 1.29 is 9.53 Å². The summed E-state index contributed by atoms with van der Waals surface area (Å²) in [5.41, 5.74) is 0.593. The van der Waals surface area contributed by atoms with Gasteiger partial charge >= 0.3 is 5.97 Å². The molecule has 4 atom stereocenters. The van der Waals surface area contributed by atoms with Crippen LogP contribution in [0.4, 0.5) is 0 Å². The maximum absolute atomic E-state index is 11.8. The summed E-state index contributed by atoms with van der Waals surface area (Å²) in [6.45, 7) is 0. The number of rotatable bonds is 0. The Labute approximate surface area is 83.3 Å². The molecule has 0 radical (unpaired) electrons. The molecule has 1 heterocycles. The Balaban J connectivity index is 1.90. The first-order chi connectivity index (χ1) is 6.79. The van der Waals surface area contributed by atoms with Gasteiger partial charge in [0.1, 0.15) is 6.10 Å². The molecule has 0 aromatic heterocycles. The van der Waals surface area contributed by atoms with Crippen molar-refractivity contribution in [3.63, 3.8) is 0 Å². The molecule has 2 saturated carbocycles. The maximum Gasteiger partial charge on any atom is 0.311 e. The van der Waals surface area contributed by atoms with Crippen LogP contribution >= 0.6 is 0 Å². The SMILES string of the molecule is O=C1O[C@H]2C=C[C@@]34CCCC[C@]3(C2)[C@H]14. The zero-order chi connectivity index (χ0) is 9.39. The molecule has 4 aliphatic rings. The summed E-state index contributed by atoms with van der Waals surface area (Å²) in [5.74, 6) is 0.320. The van der Waals surface area contributed by atoms with E-state index in [1.807, 2.05) is 0 Å². The monoisotopic (exact) mass is 190 g/mol. The van der Waals surface area contributed by atoms with E-state index >= 15 is 0 Å². The van der Waals surface area contributed by atoms with Gasteiger partial charge in [0, 0.05) is 5.41 Å². The Morgan fingerprint density at radius 3 is 3.14 bits per heavy atom. The van der Waals surface area contributed by atoms with Gasteiger partial charge in [-0.3, -0.25) is 4.79 Å². The largest absolute Gasteiger partial charge is 0.458 e. The van der Waals surface area contributed by atoms with Crippen LogP contribution in [0, 0.1) is 16.7 Å². The zero-order valence-corrected chi connectivity index (χ0v) is 8.16. The van der Waals surface area contributed by atoms with Gasteiger partial charge < -0.3 is 4.74 Å². The van der Waals surface area contributed by atoms with Crippen molar-refractivity contribution in [3.05, 3.63) is 12.2 Å². The van der Waals surface area contributed by atoms with Crippen molar-refractivity contribution in [1.29, 1.82) is 0 Å². The van der Waals surface area contributed by atoms with Crippen molar-refractivity contribution in [1.82, 2.24) is 0 Å². The van der Waals surface area contributed by atoms with E-state index in [4.69, 9.17) is 4.74 Å². The van der Waals surface area contributed by atoms with Gasteiger partial charge in [-0.15, -0.1) is 0 Å². The molecule has 0 unspecified atom stereocenters. The second kappa shape index (κ2) is 1.93. The molecule has 0 aromatic carbocycles. The fourth-order valence-corrected chi connectivity index (χ4v) is 4.52. The Morgan fingerprint density at radius 1 is 1.36 bits per heavy atom. The minimum Gasteiger partial charge on any atom is -0.458 e. The molecule has 2 heteroatoms. The first-order valence-corrected chi connectivity index (χ1v) is 5.68. The van der Waals surface area contributed by atoms with Crippen LogP contribution in [0.3, 0.4) is 0 Å². The lowest BCUT2D eigenvalue weighted by atomic mass is 9.73. The molecule has 2 bridgehead atoms. The summed E-state index contributed by atoms with van der Waals surface area (Å²) in [4.78, 5) is 11.8. The number of ether oxygens (including phenoxy) is 1. The molecule has 14 heavy (non-hydrogen) atoms. The molecule has 1 aliphatic heterocycles. The zero-order valence-electron chi connectivity index (χ0n) is 8.16. The number of carbonyl (C=O) groups excluding carboxylic acids is 1. The Bertz CT molecular complexity index is 359. The van der Waals surface area contributed by atoms with Gasteiger partial charge in [-0.05, 0) is 30.8 Å². The summed E-state index contributed by atoms with van der Waals surface area (Å²) < 4.78 is 5.39. The normalized spacial score (nSPS) is 57.6. The predicted octanol–water partition coefficient (Wildman–Crippen LogP) is 2.05. The highest BCUT2D eigenvalue weighted by atomic mass is 16.5. The molecular weight excluding hydrogens is 176 g/mol. The Hall–Kier alpha value is -0.790. The third-order valence-electron chi connectivity index (χ3n) is 5.05. The lowest BCUT2D eigenvalue weighted by Gasteiger charge is -2.34. The van der Waals surface area contributed by atoms with Gasteiger partial charge in [0.05, 0.1) is 5.92 Å². The number of hydrogen-bond donors (Lipinski definition) is 0. The van der Waals surface area contributed by atoms with Crippen molar-refractivity contribution in [2.75, 3.05) is 0 Å². The number of hydrogen-bond acceptors (Lipinski definition) is 2. The quantitative estimate of drug-likeness (QED) is 0.431. The molecule has 74 valence electrons. The summed E-state index contributed by atoms with van der Waals surface area (Å²) in [7, 11) is 0. The first-order valence-electron chi connectivity index (χ1n) is 5.68. The Kier molecular flexibility index (Phi) is 1.03. The minimum absolute atomic E-state index is 0.0909. The topological polar surface area (TPSA) is 26.3 Å². The van der Waals surface area contributed by atoms with Gasteiger partial charge in [-0.1, -0.05) is 18.9 Å². The fraction of sp³-hybridized carbons (Fsp3) is 0.750. The second-order valence-corrected chi connectivity index (χ2v) is 5.38. The summed E-state index contributed by atoms with van der Waals surface area (Å²) in [5, 5.41) is 0. The van der Waals surface area contributed by atoms with Crippen LogP contribution in [0.1, 0.15) is 32.1 Å². The van der Waals surface area contributed by atoms with Crippen LogP contribution in [0.15, 0.2) is 12.2 Å². The summed E-state index contributed by atoms with van der Waals surface area (Å²) in [6.07, 6.45) is 10.7. The van der Waals surface area contributed by atoms with E-state index in [2.05, 4.69) is 12.2 Å². The van der Waals surface area contributed by atoms with E-state index in [9.17, 15) is 4.79 Å². The van der Waals surface area contributed by atoms with Crippen LogP contribution in [-0.4, -0.2) is 12.1 Å². The van der Waals surface area contributed by atoms with Crippen LogP contribution in [-0.2, 0) is 9.53 Å². The fourth-order valence-electron chi connectivity index (χ4n) is 4.52. The standard InChI is InChI=1S/C12H14O2/c13-10-9-11-4-1-2-5-12(9,11)7-8(14-10)3-6-11/h3,6,8-9H,1-2,4-5,7H2/t8-,9+,11+,12-/m0/s1. The smallest absolute Gasteiger partial charge is 0.311 e. The molecule has 0 aromatic rings. The van der Waals surface area contributed by atoms with E-state index < -0.39 is 0 Å². The molecular formula is C12H14O2. The molecule has 1 saturated heterocycles. The van der Waals surface area contributed by atoms with Gasteiger partial charge in [-0.2, -0.15) is 0 Å². The highest BCUT2D eigenvalue weighted by molar-refractivity contribution is 5.82. The number of carbonyl (C=O) groups is 1. The van der Waals surface area contributed by atoms with E-state index in [0.29, 0.717) is 5.41 Å². The average molecular weight is 190 g/mol. The van der Waals surface area contributed by atoms with Crippen molar-refractivity contribution in [2.24, 2.45) is 16.7 Å². The van der Waals surface area contributed by atoms with E-state index in [1.165, 1.54) is 25.7 Å². The Morgan fingerprint density at radius 2 is 2.21 bits per heavy atom. The van der Waals surface area contributed by atoms with Gasteiger partial charge in [-0.25, -0.2) is 0 Å². The molecule has 3 aliphatic carbocycles.